The van der Waals surface area contributed by atoms with Gasteiger partial charge in [0, 0.05) is 29.7 Å². The summed E-state index contributed by atoms with van der Waals surface area (Å²) < 4.78 is 17.1. The average molecular weight is 575 g/mol. The van der Waals surface area contributed by atoms with Gasteiger partial charge in [0.25, 0.3) is 0 Å². The second-order valence-corrected chi connectivity index (χ2v) is 10.5. The molecule has 6 heteroatoms. The van der Waals surface area contributed by atoms with Crippen molar-refractivity contribution >= 4 is 12.0 Å². The van der Waals surface area contributed by atoms with E-state index in [1.165, 1.54) is 44.6 Å². The highest BCUT2D eigenvalue weighted by molar-refractivity contribution is 5.73. The summed E-state index contributed by atoms with van der Waals surface area (Å²) in [6.07, 6.45) is 13.2. The minimum Gasteiger partial charge on any atom is -0.507 e. The Hall–Kier alpha value is -3.77. The summed E-state index contributed by atoms with van der Waals surface area (Å²) in [5.41, 5.74) is 2.08. The first-order valence-electron chi connectivity index (χ1n) is 15.3. The van der Waals surface area contributed by atoms with Crippen LogP contribution >= 0.6 is 0 Å². The van der Waals surface area contributed by atoms with Gasteiger partial charge in [0.05, 0.1) is 6.61 Å². The predicted molar refractivity (Wildman–Crippen MR) is 168 cm³/mol. The zero-order chi connectivity index (χ0) is 30.0. The average Bonchev–Trinajstić information content (AvgIpc) is 2.99. The molecule has 42 heavy (non-hydrogen) atoms. The lowest BCUT2D eigenvalue weighted by molar-refractivity contribution is -0.134. The Morgan fingerprint density at radius 3 is 2.19 bits per heavy atom. The van der Waals surface area contributed by atoms with Crippen molar-refractivity contribution in [2.75, 3.05) is 6.61 Å². The number of aliphatic hydroxyl groups is 1. The largest absolute Gasteiger partial charge is 0.507 e. The molecule has 0 spiro atoms. The third kappa shape index (κ3) is 11.6. The van der Waals surface area contributed by atoms with Crippen molar-refractivity contribution in [1.29, 1.82) is 0 Å². The number of rotatable bonds is 19. The standard InChI is InChI=1S/C36H46O6/c1-3-5-6-7-8-9-10-11-15-18-36(39)42-31-21-19-29(34(38)25-31)20-24-33(37)32-23-22-30(40-4-2)26-35(32)41-27-28-16-13-12-14-17-28/h12-14,16-17,19-26,33,37-38H,3-11,15,18,27H2,1-2H3. The van der Waals surface area contributed by atoms with Crippen LogP contribution in [0.5, 0.6) is 23.0 Å². The minimum atomic E-state index is -0.986. The molecule has 0 aliphatic rings. The Balaban J connectivity index is 1.52. The molecule has 0 radical (unpaired) electrons. The van der Waals surface area contributed by atoms with Gasteiger partial charge in [-0.05, 0) is 43.2 Å². The maximum absolute atomic E-state index is 12.3. The van der Waals surface area contributed by atoms with E-state index in [-0.39, 0.29) is 11.7 Å². The van der Waals surface area contributed by atoms with Crippen molar-refractivity contribution in [1.82, 2.24) is 0 Å². The molecular formula is C36H46O6. The van der Waals surface area contributed by atoms with Gasteiger partial charge in [-0.15, -0.1) is 0 Å². The van der Waals surface area contributed by atoms with E-state index in [0.717, 1.165) is 24.8 Å². The summed E-state index contributed by atoms with van der Waals surface area (Å²) in [5.74, 6) is 1.13. The number of phenols is 1. The number of benzene rings is 3. The summed E-state index contributed by atoms with van der Waals surface area (Å²) in [6, 6.07) is 19.9. The van der Waals surface area contributed by atoms with E-state index >= 15 is 0 Å². The zero-order valence-corrected chi connectivity index (χ0v) is 25.1. The zero-order valence-electron chi connectivity index (χ0n) is 25.1. The Kier molecular flexibility index (Phi) is 14.5. The van der Waals surface area contributed by atoms with Gasteiger partial charge in [-0.25, -0.2) is 0 Å². The molecule has 0 aromatic heterocycles. The first-order chi connectivity index (χ1) is 20.5. The van der Waals surface area contributed by atoms with Gasteiger partial charge in [0.2, 0.25) is 0 Å². The quantitative estimate of drug-likeness (QED) is 0.0844. The molecule has 0 fully saturated rings. The maximum atomic E-state index is 12.3. The van der Waals surface area contributed by atoms with Gasteiger partial charge in [0.1, 0.15) is 35.7 Å². The molecule has 0 bridgehead atoms. The van der Waals surface area contributed by atoms with Gasteiger partial charge >= 0.3 is 5.97 Å². The fourth-order valence-electron chi connectivity index (χ4n) is 4.66. The molecule has 0 amide bonds. The Labute approximate surface area is 251 Å². The highest BCUT2D eigenvalue weighted by atomic mass is 16.5. The van der Waals surface area contributed by atoms with Crippen LogP contribution in [-0.4, -0.2) is 22.8 Å². The SMILES string of the molecule is CCCCCCCCCCCC(=O)Oc1ccc(C=CC(O)c2ccc(OCC)cc2OCc2ccccc2)c(O)c1. The van der Waals surface area contributed by atoms with E-state index in [2.05, 4.69) is 6.92 Å². The number of aliphatic hydroxyl groups excluding tert-OH is 1. The molecule has 1 atom stereocenters. The molecule has 2 N–H and O–H groups in total. The summed E-state index contributed by atoms with van der Waals surface area (Å²) in [5, 5.41) is 21.5. The summed E-state index contributed by atoms with van der Waals surface area (Å²) in [4.78, 5) is 12.3. The highest BCUT2D eigenvalue weighted by Crippen LogP contribution is 2.33. The minimum absolute atomic E-state index is 0.0425. The lowest BCUT2D eigenvalue weighted by Crippen LogP contribution is -2.07. The predicted octanol–water partition coefficient (Wildman–Crippen LogP) is 8.94. The van der Waals surface area contributed by atoms with Crippen LogP contribution in [0.2, 0.25) is 0 Å². The number of phenolic OH excluding ortho intramolecular Hbond substituents is 1. The van der Waals surface area contributed by atoms with Gasteiger partial charge in [-0.1, -0.05) is 101 Å². The molecule has 3 rings (SSSR count). The molecule has 226 valence electrons. The topological polar surface area (TPSA) is 85.2 Å². The molecule has 0 saturated carbocycles. The van der Waals surface area contributed by atoms with E-state index in [1.807, 2.05) is 37.3 Å². The monoisotopic (exact) mass is 574 g/mol. The molecule has 6 nitrogen and oxygen atoms in total. The van der Waals surface area contributed by atoms with Crippen molar-refractivity contribution in [3.8, 4) is 23.0 Å². The number of hydrogen-bond donors (Lipinski definition) is 2. The molecule has 0 heterocycles. The Morgan fingerprint density at radius 1 is 0.810 bits per heavy atom. The smallest absolute Gasteiger partial charge is 0.311 e. The summed E-state index contributed by atoms with van der Waals surface area (Å²) in [7, 11) is 0. The van der Waals surface area contributed by atoms with Crippen LogP contribution in [0.4, 0.5) is 0 Å². The van der Waals surface area contributed by atoms with Crippen molar-refractivity contribution in [3.05, 3.63) is 89.5 Å². The van der Waals surface area contributed by atoms with Crippen LogP contribution in [0.25, 0.3) is 6.08 Å². The van der Waals surface area contributed by atoms with Crippen LogP contribution in [0, 0.1) is 0 Å². The fourth-order valence-corrected chi connectivity index (χ4v) is 4.66. The number of carbonyl (C=O) groups is 1. The number of ether oxygens (including phenoxy) is 3. The van der Waals surface area contributed by atoms with E-state index in [1.54, 1.807) is 42.5 Å². The third-order valence-corrected chi connectivity index (χ3v) is 7.03. The lowest BCUT2D eigenvalue weighted by atomic mass is 10.1. The second-order valence-electron chi connectivity index (χ2n) is 10.5. The third-order valence-electron chi connectivity index (χ3n) is 7.03. The molecule has 0 aliphatic heterocycles. The van der Waals surface area contributed by atoms with Gasteiger partial charge < -0.3 is 24.4 Å². The maximum Gasteiger partial charge on any atom is 0.311 e. The highest BCUT2D eigenvalue weighted by Gasteiger charge is 2.14. The molecule has 1 unspecified atom stereocenters. The van der Waals surface area contributed by atoms with Crippen LogP contribution in [0.1, 0.15) is 101 Å². The number of hydrogen-bond acceptors (Lipinski definition) is 6. The van der Waals surface area contributed by atoms with Crippen LogP contribution in [-0.2, 0) is 11.4 Å². The van der Waals surface area contributed by atoms with E-state index in [4.69, 9.17) is 14.2 Å². The van der Waals surface area contributed by atoms with Crippen LogP contribution in [0.3, 0.4) is 0 Å². The molecule has 0 saturated heterocycles. The van der Waals surface area contributed by atoms with Gasteiger partial charge in [-0.2, -0.15) is 0 Å². The van der Waals surface area contributed by atoms with Crippen molar-refractivity contribution < 1.29 is 29.2 Å². The van der Waals surface area contributed by atoms with Crippen LogP contribution < -0.4 is 14.2 Å². The molecular weight excluding hydrogens is 528 g/mol. The number of esters is 1. The first kappa shape index (κ1) is 32.7. The Bertz CT molecular complexity index is 1240. The van der Waals surface area contributed by atoms with Crippen LogP contribution in [0.15, 0.2) is 72.8 Å². The first-order valence-corrected chi connectivity index (χ1v) is 15.3. The molecule has 3 aromatic carbocycles. The van der Waals surface area contributed by atoms with E-state index in [0.29, 0.717) is 48.0 Å². The normalized spacial score (nSPS) is 11.9. The molecule has 0 aliphatic carbocycles. The number of carbonyl (C=O) groups excluding carboxylic acids is 1. The number of aromatic hydroxyl groups is 1. The Morgan fingerprint density at radius 2 is 1.50 bits per heavy atom. The lowest BCUT2D eigenvalue weighted by Gasteiger charge is -2.16. The van der Waals surface area contributed by atoms with Crippen molar-refractivity contribution in [2.24, 2.45) is 0 Å². The second kappa shape index (κ2) is 18.6. The summed E-state index contributed by atoms with van der Waals surface area (Å²) in [6.45, 7) is 5.00. The van der Waals surface area contributed by atoms with Crippen molar-refractivity contribution in [2.45, 2.75) is 90.8 Å². The summed E-state index contributed by atoms with van der Waals surface area (Å²) >= 11 is 0. The molecule has 3 aromatic rings. The number of unbranched alkanes of at least 4 members (excludes halogenated alkanes) is 8. The van der Waals surface area contributed by atoms with Crippen molar-refractivity contribution in [3.63, 3.8) is 0 Å². The fraction of sp³-hybridized carbons (Fsp3) is 0.417. The van der Waals surface area contributed by atoms with Gasteiger partial charge in [-0.3, -0.25) is 4.79 Å². The van der Waals surface area contributed by atoms with E-state index in [9.17, 15) is 15.0 Å². The van der Waals surface area contributed by atoms with E-state index < -0.39 is 6.10 Å². The van der Waals surface area contributed by atoms with Gasteiger partial charge in [0.15, 0.2) is 0 Å².